The van der Waals surface area contributed by atoms with E-state index in [0.717, 1.165) is 27.7 Å². The average Bonchev–Trinajstić information content (AvgIpc) is 3.26. The number of aromatic nitrogens is 4. The molecule has 0 aliphatic heterocycles. The summed E-state index contributed by atoms with van der Waals surface area (Å²) in [5.74, 6) is 1.45. The third-order valence-corrected chi connectivity index (χ3v) is 6.93. The molecule has 4 aromatic carbocycles. The van der Waals surface area contributed by atoms with Crippen molar-refractivity contribution in [1.82, 2.24) is 19.5 Å². The lowest BCUT2D eigenvalue weighted by atomic mass is 10.1. The van der Waals surface area contributed by atoms with Gasteiger partial charge in [0.05, 0.1) is 17.5 Å². The molecule has 0 bridgehead atoms. The molecule has 0 amide bonds. The van der Waals surface area contributed by atoms with Crippen molar-refractivity contribution < 1.29 is 4.79 Å². The van der Waals surface area contributed by atoms with Gasteiger partial charge >= 0.3 is 0 Å². The van der Waals surface area contributed by atoms with E-state index in [0.29, 0.717) is 27.6 Å². The van der Waals surface area contributed by atoms with Crippen molar-refractivity contribution in [3.8, 4) is 28.5 Å². The number of benzene rings is 4. The number of fused-ring (bicyclic) bond motifs is 1. The molecule has 6 heteroatoms. The fourth-order valence-electron chi connectivity index (χ4n) is 4.47. The van der Waals surface area contributed by atoms with Gasteiger partial charge in [0.1, 0.15) is 10.4 Å². The Morgan fingerprint density at radius 1 is 0.649 bits per heavy atom. The summed E-state index contributed by atoms with van der Waals surface area (Å²) in [4.78, 5) is 28.0. The van der Waals surface area contributed by atoms with E-state index < -0.39 is 0 Å². The quantitative estimate of drug-likeness (QED) is 0.206. The normalized spacial score (nSPS) is 11.1. The van der Waals surface area contributed by atoms with Crippen LogP contribution in [0.3, 0.4) is 0 Å². The lowest BCUT2D eigenvalue weighted by Gasteiger charge is -2.08. The molecule has 178 valence electrons. The molecule has 2 heterocycles. The highest BCUT2D eigenvalue weighted by Gasteiger charge is 2.23. The molecular weight excluding hydrogens is 524 g/mol. The molecule has 0 aliphatic rings. The summed E-state index contributed by atoms with van der Waals surface area (Å²) in [6.45, 7) is 0. The molecule has 0 saturated carbocycles. The van der Waals surface area contributed by atoms with Gasteiger partial charge in [0, 0.05) is 22.2 Å². The van der Waals surface area contributed by atoms with Crippen LogP contribution in [0.2, 0.25) is 0 Å². The van der Waals surface area contributed by atoms with Crippen molar-refractivity contribution in [1.29, 1.82) is 0 Å². The Labute approximate surface area is 222 Å². The van der Waals surface area contributed by atoms with Gasteiger partial charge in [-0.15, -0.1) is 0 Å². The number of para-hydroxylation sites is 2. The van der Waals surface area contributed by atoms with Crippen LogP contribution in [0.1, 0.15) is 16.2 Å². The molecule has 0 unspecified atom stereocenters. The van der Waals surface area contributed by atoms with E-state index >= 15 is 0 Å². The maximum Gasteiger partial charge on any atom is 0.173 e. The van der Waals surface area contributed by atoms with Gasteiger partial charge in [-0.05, 0) is 34.1 Å². The molecule has 0 N–H and O–H groups in total. The minimum absolute atomic E-state index is 0.0452. The first-order valence-corrected chi connectivity index (χ1v) is 12.7. The van der Waals surface area contributed by atoms with Crippen molar-refractivity contribution in [2.45, 2.75) is 6.42 Å². The second-order valence-corrected chi connectivity index (χ2v) is 9.34. The second-order valence-electron chi connectivity index (χ2n) is 8.58. The van der Waals surface area contributed by atoms with Gasteiger partial charge in [-0.3, -0.25) is 4.79 Å². The zero-order valence-electron chi connectivity index (χ0n) is 19.8. The lowest BCUT2D eigenvalue weighted by Crippen LogP contribution is -2.10. The Morgan fingerprint density at radius 3 is 1.76 bits per heavy atom. The summed E-state index contributed by atoms with van der Waals surface area (Å²) >= 11 is 3.74. The van der Waals surface area contributed by atoms with Crippen LogP contribution in [0, 0.1) is 0 Å². The molecule has 0 fully saturated rings. The van der Waals surface area contributed by atoms with Crippen LogP contribution in [0.15, 0.2) is 120 Å². The first-order chi connectivity index (χ1) is 18.2. The number of rotatable bonds is 6. The molecular formula is C31H21BrN4O. The highest BCUT2D eigenvalue weighted by Crippen LogP contribution is 2.34. The molecule has 0 radical (unpaired) electrons. The second kappa shape index (κ2) is 9.91. The molecule has 0 saturated heterocycles. The van der Waals surface area contributed by atoms with Crippen LogP contribution in [-0.4, -0.2) is 25.3 Å². The Balaban J connectivity index is 1.45. The Morgan fingerprint density at radius 2 is 1.16 bits per heavy atom. The van der Waals surface area contributed by atoms with Crippen LogP contribution in [0.5, 0.6) is 0 Å². The summed E-state index contributed by atoms with van der Waals surface area (Å²) < 4.78 is 2.77. The molecule has 0 aliphatic carbocycles. The monoisotopic (exact) mass is 544 g/mol. The summed E-state index contributed by atoms with van der Waals surface area (Å²) in [6, 6.07) is 37.4. The van der Waals surface area contributed by atoms with Crippen molar-refractivity contribution in [2.24, 2.45) is 0 Å². The summed E-state index contributed by atoms with van der Waals surface area (Å²) in [7, 11) is 0. The minimum atomic E-state index is -0.0676. The van der Waals surface area contributed by atoms with Crippen LogP contribution >= 0.6 is 15.9 Å². The largest absolute Gasteiger partial charge is 0.303 e. The summed E-state index contributed by atoms with van der Waals surface area (Å²) in [6.07, 6.45) is 0.0452. The third kappa shape index (κ3) is 4.47. The fourth-order valence-corrected chi connectivity index (χ4v) is 5.30. The van der Waals surface area contributed by atoms with Gasteiger partial charge in [-0.2, -0.15) is 0 Å². The predicted octanol–water partition coefficient (Wildman–Crippen LogP) is 7.34. The van der Waals surface area contributed by atoms with Gasteiger partial charge in [-0.1, -0.05) is 97.1 Å². The Bertz CT molecular complexity index is 1660. The molecule has 37 heavy (non-hydrogen) atoms. The molecule has 6 rings (SSSR count). The number of carbonyl (C=O) groups is 1. The van der Waals surface area contributed by atoms with Crippen molar-refractivity contribution in [2.75, 3.05) is 0 Å². The number of nitrogens with zero attached hydrogens (tertiary/aromatic N) is 4. The van der Waals surface area contributed by atoms with E-state index in [-0.39, 0.29) is 12.2 Å². The van der Waals surface area contributed by atoms with Gasteiger partial charge in [-0.25, -0.2) is 15.0 Å². The molecule has 5 nitrogen and oxygen atoms in total. The summed E-state index contributed by atoms with van der Waals surface area (Å²) in [5, 5.41) is 0.879. The predicted molar refractivity (Wildman–Crippen MR) is 150 cm³/mol. The van der Waals surface area contributed by atoms with Gasteiger partial charge in [0.2, 0.25) is 0 Å². The van der Waals surface area contributed by atoms with Crippen molar-refractivity contribution in [3.63, 3.8) is 0 Å². The van der Waals surface area contributed by atoms with Crippen molar-refractivity contribution >= 4 is 32.6 Å². The van der Waals surface area contributed by atoms with Crippen LogP contribution in [0.4, 0.5) is 0 Å². The van der Waals surface area contributed by atoms with Crippen LogP contribution < -0.4 is 0 Å². The highest BCUT2D eigenvalue weighted by molar-refractivity contribution is 9.10. The highest BCUT2D eigenvalue weighted by atomic mass is 79.9. The smallest absolute Gasteiger partial charge is 0.173 e. The van der Waals surface area contributed by atoms with E-state index in [2.05, 4.69) is 20.5 Å². The minimum Gasteiger partial charge on any atom is -0.303 e. The standard InChI is InChI=1S/C31H21BrN4O/c32-29-28(24-18-10-11-19-25(24)36(29)23-16-8-3-9-17-23)26(37)20-27-33-30(21-12-4-1-5-13-21)35-31(34-27)22-14-6-2-7-15-22/h1-19H,20H2. The Kier molecular flexibility index (Phi) is 6.16. The topological polar surface area (TPSA) is 60.7 Å². The lowest BCUT2D eigenvalue weighted by molar-refractivity contribution is 0.0991. The summed E-state index contributed by atoms with van der Waals surface area (Å²) in [5.41, 5.74) is 4.29. The number of Topliss-reactive ketones (excluding diaryl/α,β-unsaturated/α-hetero) is 1. The molecule has 2 aromatic heterocycles. The molecule has 0 spiro atoms. The molecule has 0 atom stereocenters. The van der Waals surface area contributed by atoms with E-state index in [1.165, 1.54) is 0 Å². The van der Waals surface area contributed by atoms with E-state index in [1.54, 1.807) is 0 Å². The van der Waals surface area contributed by atoms with Crippen LogP contribution in [-0.2, 0) is 6.42 Å². The SMILES string of the molecule is O=C(Cc1nc(-c2ccccc2)nc(-c2ccccc2)n1)c1c(Br)n(-c2ccccc2)c2ccccc12. The Hall–Kier alpha value is -4.42. The van der Waals surface area contributed by atoms with E-state index in [9.17, 15) is 4.79 Å². The fraction of sp³-hybridized carbons (Fsp3) is 0.0323. The van der Waals surface area contributed by atoms with Crippen molar-refractivity contribution in [3.05, 3.63) is 131 Å². The third-order valence-electron chi connectivity index (χ3n) is 6.17. The van der Waals surface area contributed by atoms with E-state index in [4.69, 9.17) is 15.0 Å². The van der Waals surface area contributed by atoms with Gasteiger partial charge in [0.15, 0.2) is 17.4 Å². The van der Waals surface area contributed by atoms with Gasteiger partial charge in [0.25, 0.3) is 0 Å². The van der Waals surface area contributed by atoms with Gasteiger partial charge < -0.3 is 4.57 Å². The first kappa shape index (κ1) is 23.0. The maximum absolute atomic E-state index is 13.8. The maximum atomic E-state index is 13.8. The first-order valence-electron chi connectivity index (χ1n) is 11.9. The zero-order chi connectivity index (χ0) is 25.2. The van der Waals surface area contributed by atoms with E-state index in [1.807, 2.05) is 115 Å². The number of ketones is 1. The number of hydrogen-bond acceptors (Lipinski definition) is 4. The average molecular weight is 545 g/mol. The zero-order valence-corrected chi connectivity index (χ0v) is 21.3. The van der Waals surface area contributed by atoms with Crippen LogP contribution in [0.25, 0.3) is 39.4 Å². The number of hydrogen-bond donors (Lipinski definition) is 0. The number of carbonyl (C=O) groups excluding carboxylic acids is 1. The number of halogens is 1. The molecule has 6 aromatic rings.